The SMILES string of the molecule is COc1cc2cc(c1Cl)N(C)C(=O)C[C@H](OC(=O)[C@H](C)NC(=O)C(C)C)[C@]1(C)O[C@H]1[C@H](C)[C@@H]1C[C@@](O)(NC(=O)O1)[C@H](OC)C=CC=C(C)C2. The van der Waals surface area contributed by atoms with E-state index in [9.17, 15) is 24.3 Å². The third kappa shape index (κ3) is 8.39. The molecule has 270 valence electrons. The number of nitrogens with one attached hydrogen (secondary N) is 2. The number of amides is 3. The first-order chi connectivity index (χ1) is 22.9. The van der Waals surface area contributed by atoms with Crippen LogP contribution in [0.1, 0.15) is 59.9 Å². The van der Waals surface area contributed by atoms with Crippen molar-refractivity contribution in [3.05, 3.63) is 46.5 Å². The Labute approximate surface area is 292 Å². The van der Waals surface area contributed by atoms with E-state index in [4.69, 9.17) is 35.3 Å². The number of benzene rings is 1. The smallest absolute Gasteiger partial charge is 0.409 e. The summed E-state index contributed by atoms with van der Waals surface area (Å²) in [6.45, 7) is 10.3. The molecule has 0 spiro atoms. The molecule has 0 aliphatic carbocycles. The number of allylic oxidation sites excluding steroid dienone is 3. The van der Waals surface area contributed by atoms with Crippen molar-refractivity contribution in [3.8, 4) is 5.75 Å². The maximum absolute atomic E-state index is 14.0. The average Bonchev–Trinajstić information content (AvgIpc) is 3.73. The van der Waals surface area contributed by atoms with Gasteiger partial charge in [-0.3, -0.25) is 14.9 Å². The van der Waals surface area contributed by atoms with E-state index in [2.05, 4.69) is 10.6 Å². The number of hydrogen-bond donors (Lipinski definition) is 3. The lowest BCUT2D eigenvalue weighted by Gasteiger charge is -2.42. The molecule has 0 aromatic heterocycles. The first-order valence-electron chi connectivity index (χ1n) is 16.3. The second-order valence-electron chi connectivity index (χ2n) is 13.6. The maximum Gasteiger partial charge on any atom is 0.409 e. The number of carbonyl (C=O) groups excluding carboxylic acids is 4. The van der Waals surface area contributed by atoms with E-state index >= 15 is 0 Å². The Bertz CT molecular complexity index is 1510. The Morgan fingerprint density at radius 1 is 1.20 bits per heavy atom. The van der Waals surface area contributed by atoms with Crippen molar-refractivity contribution < 1.29 is 48.0 Å². The largest absolute Gasteiger partial charge is 0.495 e. The van der Waals surface area contributed by atoms with Gasteiger partial charge in [-0.05, 0) is 44.9 Å². The van der Waals surface area contributed by atoms with Gasteiger partial charge in [-0.2, -0.15) is 0 Å². The van der Waals surface area contributed by atoms with Gasteiger partial charge < -0.3 is 39.0 Å². The van der Waals surface area contributed by atoms with Crippen molar-refractivity contribution in [3.63, 3.8) is 0 Å². The molecule has 13 nitrogen and oxygen atoms in total. The van der Waals surface area contributed by atoms with E-state index in [-0.39, 0.29) is 29.7 Å². The van der Waals surface area contributed by atoms with Gasteiger partial charge in [-0.15, -0.1) is 0 Å². The topological polar surface area (TPSA) is 165 Å². The van der Waals surface area contributed by atoms with Gasteiger partial charge >= 0.3 is 12.1 Å². The van der Waals surface area contributed by atoms with Gasteiger partial charge in [0.05, 0.1) is 25.3 Å². The third-order valence-electron chi connectivity index (χ3n) is 9.45. The van der Waals surface area contributed by atoms with Gasteiger partial charge in [0.2, 0.25) is 11.8 Å². The van der Waals surface area contributed by atoms with E-state index in [1.54, 1.807) is 59.0 Å². The molecule has 49 heavy (non-hydrogen) atoms. The van der Waals surface area contributed by atoms with Gasteiger partial charge in [-0.1, -0.05) is 56.2 Å². The Kier molecular flexibility index (Phi) is 11.7. The zero-order chi connectivity index (χ0) is 36.4. The highest BCUT2D eigenvalue weighted by Crippen LogP contribution is 2.49. The first-order valence-corrected chi connectivity index (χ1v) is 16.7. The van der Waals surface area contributed by atoms with Crippen molar-refractivity contribution in [1.82, 2.24) is 10.6 Å². The Balaban J connectivity index is 1.77. The van der Waals surface area contributed by atoms with Crippen molar-refractivity contribution in [1.29, 1.82) is 0 Å². The summed E-state index contributed by atoms with van der Waals surface area (Å²) < 4.78 is 28.9. The van der Waals surface area contributed by atoms with E-state index in [0.29, 0.717) is 17.9 Å². The molecule has 0 radical (unpaired) electrons. The monoisotopic (exact) mass is 705 g/mol. The van der Waals surface area contributed by atoms with Crippen molar-refractivity contribution >= 4 is 41.2 Å². The number of anilines is 1. The van der Waals surface area contributed by atoms with Gasteiger partial charge in [0.25, 0.3) is 0 Å². The molecule has 1 aromatic rings. The predicted molar refractivity (Wildman–Crippen MR) is 181 cm³/mol. The lowest BCUT2D eigenvalue weighted by atomic mass is 9.83. The molecular weight excluding hydrogens is 658 g/mol. The molecule has 8 atom stereocenters. The fourth-order valence-electron chi connectivity index (χ4n) is 6.29. The second kappa shape index (κ2) is 15.1. The molecule has 4 bridgehead atoms. The number of halogens is 1. The summed E-state index contributed by atoms with van der Waals surface area (Å²) in [6.07, 6.45) is 0.988. The molecule has 3 heterocycles. The third-order valence-corrected chi connectivity index (χ3v) is 9.83. The van der Waals surface area contributed by atoms with Gasteiger partial charge in [0, 0.05) is 32.4 Å². The summed E-state index contributed by atoms with van der Waals surface area (Å²) in [5.41, 5.74) is -0.885. The molecule has 14 heteroatoms. The van der Waals surface area contributed by atoms with E-state index in [1.165, 1.54) is 26.0 Å². The molecule has 4 rings (SSSR count). The number of rotatable bonds is 6. The quantitative estimate of drug-likeness (QED) is 0.293. The Hall–Kier alpha value is -3.65. The number of nitrogens with zero attached hydrogens (tertiary/aromatic N) is 1. The zero-order valence-electron chi connectivity index (χ0n) is 29.5. The fourth-order valence-corrected chi connectivity index (χ4v) is 6.60. The lowest BCUT2D eigenvalue weighted by molar-refractivity contribution is -0.157. The summed E-state index contributed by atoms with van der Waals surface area (Å²) >= 11 is 6.72. The molecule has 3 N–H and O–H groups in total. The number of epoxide rings is 1. The van der Waals surface area contributed by atoms with Gasteiger partial charge in [0.15, 0.2) is 5.72 Å². The minimum Gasteiger partial charge on any atom is -0.495 e. The van der Waals surface area contributed by atoms with Crippen LogP contribution in [0.5, 0.6) is 5.75 Å². The van der Waals surface area contributed by atoms with Crippen LogP contribution in [0, 0.1) is 11.8 Å². The number of aliphatic hydroxyl groups is 1. The van der Waals surface area contributed by atoms with Crippen molar-refractivity contribution in [2.24, 2.45) is 11.8 Å². The highest BCUT2D eigenvalue weighted by molar-refractivity contribution is 6.35. The highest BCUT2D eigenvalue weighted by atomic mass is 35.5. The van der Waals surface area contributed by atoms with Crippen LogP contribution in [0.3, 0.4) is 0 Å². The summed E-state index contributed by atoms with van der Waals surface area (Å²) in [6, 6.07) is 2.57. The van der Waals surface area contributed by atoms with E-state index in [1.807, 2.05) is 13.0 Å². The lowest BCUT2D eigenvalue weighted by Crippen LogP contribution is -2.63. The number of esters is 1. The first kappa shape index (κ1) is 38.2. The summed E-state index contributed by atoms with van der Waals surface area (Å²) in [7, 11) is 4.49. The number of carbonyl (C=O) groups is 4. The number of ether oxygens (including phenoxy) is 5. The molecular formula is C35H48ClN3O10. The molecule has 0 unspecified atom stereocenters. The fraction of sp³-hybridized carbons (Fsp3) is 0.600. The molecule has 3 aliphatic rings. The van der Waals surface area contributed by atoms with Crippen molar-refractivity contribution in [2.45, 2.75) is 103 Å². The molecule has 2 fully saturated rings. The number of hydrogen-bond acceptors (Lipinski definition) is 10. The molecule has 3 amide bonds. The molecule has 3 aliphatic heterocycles. The standard InChI is InChI=1S/C35H48ClN3O10/c1-18(2)31(41)37-21(5)32(42)48-27-16-28(40)39(7)23-14-22(15-24(45-8)29(23)36)13-19(3)11-10-12-26(46-9)35(44)17-25(47-33(43)38-35)20(4)30-34(27,6)49-30/h10-12,14-15,18,20-21,25-27,30,44H,13,16-17H2,1-9H3,(H,37,41)(H,38,43)/t20-,21+,25+,26-,27+,30+,34+,35+/m1/s1. The molecule has 1 aromatic carbocycles. The minimum absolute atomic E-state index is 0.0457. The summed E-state index contributed by atoms with van der Waals surface area (Å²) in [5.74, 6) is -2.03. The number of alkyl carbamates (subject to hydrolysis) is 1. The summed E-state index contributed by atoms with van der Waals surface area (Å²) in [5, 5.41) is 17.0. The minimum atomic E-state index is -1.82. The van der Waals surface area contributed by atoms with Crippen LogP contribution in [0.25, 0.3) is 0 Å². The van der Waals surface area contributed by atoms with Gasteiger partial charge in [-0.25, -0.2) is 9.59 Å². The van der Waals surface area contributed by atoms with Crippen LogP contribution in [0.4, 0.5) is 10.5 Å². The zero-order valence-corrected chi connectivity index (χ0v) is 30.3. The van der Waals surface area contributed by atoms with Crippen molar-refractivity contribution in [2.75, 3.05) is 26.2 Å². The molecule has 2 saturated heterocycles. The summed E-state index contributed by atoms with van der Waals surface area (Å²) in [4.78, 5) is 53.8. The predicted octanol–water partition coefficient (Wildman–Crippen LogP) is 3.83. The molecule has 0 saturated carbocycles. The maximum atomic E-state index is 14.0. The number of fused-ring (bicyclic) bond motifs is 5. The van der Waals surface area contributed by atoms with E-state index < -0.39 is 65.7 Å². The van der Waals surface area contributed by atoms with Crippen LogP contribution in [-0.4, -0.2) is 92.0 Å². The van der Waals surface area contributed by atoms with E-state index in [0.717, 1.165) is 11.1 Å². The normalized spacial score (nSPS) is 31.1. The highest BCUT2D eigenvalue weighted by Gasteiger charge is 2.64. The van der Waals surface area contributed by atoms with Gasteiger partial charge in [0.1, 0.15) is 40.7 Å². The Morgan fingerprint density at radius 2 is 1.90 bits per heavy atom. The van der Waals surface area contributed by atoms with Crippen LogP contribution in [0.2, 0.25) is 5.02 Å². The van der Waals surface area contributed by atoms with Crippen LogP contribution < -0.4 is 20.3 Å². The second-order valence-corrected chi connectivity index (χ2v) is 14.0. The van der Waals surface area contributed by atoms with Crippen LogP contribution >= 0.6 is 11.6 Å². The Morgan fingerprint density at radius 3 is 2.53 bits per heavy atom. The average molecular weight is 706 g/mol. The van der Waals surface area contributed by atoms with Crippen LogP contribution in [-0.2, 0) is 39.8 Å². The number of methoxy groups -OCH3 is 2. The van der Waals surface area contributed by atoms with Crippen LogP contribution in [0.15, 0.2) is 35.9 Å².